The molecule has 1 aliphatic carbocycles. The molecule has 1 fully saturated rings. The van der Waals surface area contributed by atoms with E-state index in [-0.39, 0.29) is 11.2 Å². The van der Waals surface area contributed by atoms with Crippen LogP contribution >= 0.6 is 0 Å². The van der Waals surface area contributed by atoms with Gasteiger partial charge < -0.3 is 4.74 Å². The lowest BCUT2D eigenvalue weighted by molar-refractivity contribution is 0.198. The van der Waals surface area contributed by atoms with Gasteiger partial charge in [-0.3, -0.25) is 0 Å². The third kappa shape index (κ3) is 3.69. The Hall–Kier alpha value is -3.20. The summed E-state index contributed by atoms with van der Waals surface area (Å²) in [5, 5.41) is 0.797. The third-order valence-electron chi connectivity index (χ3n) is 6.54. The van der Waals surface area contributed by atoms with E-state index in [1.165, 1.54) is 28.8 Å². The average molecular weight is 412 g/mol. The maximum atomic E-state index is 13.4. The van der Waals surface area contributed by atoms with Gasteiger partial charge in [0.1, 0.15) is 18.2 Å². The number of fused-ring (bicyclic) bond motifs is 1. The second kappa shape index (κ2) is 7.81. The van der Waals surface area contributed by atoms with E-state index in [0.29, 0.717) is 6.61 Å². The van der Waals surface area contributed by atoms with Crippen LogP contribution in [0.5, 0.6) is 5.75 Å². The summed E-state index contributed by atoms with van der Waals surface area (Å²) < 4.78 is 19.6. The quantitative estimate of drug-likeness (QED) is 0.353. The highest BCUT2D eigenvalue weighted by atomic mass is 19.1. The van der Waals surface area contributed by atoms with Crippen molar-refractivity contribution in [2.45, 2.75) is 38.7 Å². The van der Waals surface area contributed by atoms with Gasteiger partial charge in [-0.1, -0.05) is 49.4 Å². The Balaban J connectivity index is 1.42. The molecule has 0 spiro atoms. The zero-order valence-corrected chi connectivity index (χ0v) is 17.9. The van der Waals surface area contributed by atoms with Crippen LogP contribution in [0.4, 0.5) is 4.39 Å². The summed E-state index contributed by atoms with van der Waals surface area (Å²) in [6.07, 6.45) is 2.31. The molecular weight excluding hydrogens is 385 g/mol. The largest absolute Gasteiger partial charge is 0.487 e. The normalized spacial score (nSPS) is 20.4. The van der Waals surface area contributed by atoms with Gasteiger partial charge in [0.15, 0.2) is 0 Å². The number of hydrogen-bond donors (Lipinski definition) is 0. The predicted octanol–water partition coefficient (Wildman–Crippen LogP) is 6.98. The average Bonchev–Trinajstić information content (AvgIpc) is 2.77. The summed E-state index contributed by atoms with van der Waals surface area (Å²) in [6.45, 7) is 4.90. The first-order valence-electron chi connectivity index (χ1n) is 10.9. The number of aryl methyl sites for hydroxylation is 1. The Morgan fingerprint density at radius 2 is 1.77 bits per heavy atom. The van der Waals surface area contributed by atoms with Gasteiger partial charge in [-0.05, 0) is 78.8 Å². The molecule has 2 nitrogen and oxygen atoms in total. The molecule has 4 aromatic rings. The van der Waals surface area contributed by atoms with Gasteiger partial charge in [-0.15, -0.1) is 0 Å². The molecule has 0 radical (unpaired) electrons. The SMILES string of the molecule is Cc1ccc(OCc2ccc3cc(F)ccc3n2)cc1C1(c2ccccc2)CC(C)C1. The van der Waals surface area contributed by atoms with Crippen LogP contribution in [-0.2, 0) is 12.0 Å². The third-order valence-corrected chi connectivity index (χ3v) is 6.54. The number of nitrogens with zero attached hydrogens (tertiary/aromatic N) is 1. The van der Waals surface area contributed by atoms with E-state index >= 15 is 0 Å². The molecule has 0 saturated heterocycles. The van der Waals surface area contributed by atoms with Gasteiger partial charge in [0, 0.05) is 10.8 Å². The van der Waals surface area contributed by atoms with Crippen molar-refractivity contribution in [3.8, 4) is 5.75 Å². The van der Waals surface area contributed by atoms with Gasteiger partial charge in [-0.25, -0.2) is 9.37 Å². The molecule has 0 unspecified atom stereocenters. The molecule has 5 rings (SSSR count). The van der Waals surface area contributed by atoms with Gasteiger partial charge in [0.25, 0.3) is 0 Å². The van der Waals surface area contributed by atoms with Gasteiger partial charge in [0.2, 0.25) is 0 Å². The first-order valence-corrected chi connectivity index (χ1v) is 10.9. The van der Waals surface area contributed by atoms with Crippen LogP contribution in [0.3, 0.4) is 0 Å². The first kappa shape index (κ1) is 19.7. The van der Waals surface area contributed by atoms with Crippen molar-refractivity contribution in [1.82, 2.24) is 4.98 Å². The Morgan fingerprint density at radius 1 is 0.968 bits per heavy atom. The number of aromatic nitrogens is 1. The molecule has 156 valence electrons. The number of rotatable bonds is 5. The van der Waals surface area contributed by atoms with Gasteiger partial charge in [-0.2, -0.15) is 0 Å². The molecule has 1 aliphatic rings. The van der Waals surface area contributed by atoms with Crippen molar-refractivity contribution in [2.24, 2.45) is 5.92 Å². The zero-order valence-electron chi connectivity index (χ0n) is 17.9. The molecule has 31 heavy (non-hydrogen) atoms. The highest BCUT2D eigenvalue weighted by Gasteiger charge is 2.45. The summed E-state index contributed by atoms with van der Waals surface area (Å²) in [5.74, 6) is 1.33. The summed E-state index contributed by atoms with van der Waals surface area (Å²) in [4.78, 5) is 4.61. The van der Waals surface area contributed by atoms with E-state index in [1.54, 1.807) is 6.07 Å². The Labute approximate surface area is 182 Å². The van der Waals surface area contributed by atoms with Crippen LogP contribution in [0.15, 0.2) is 78.9 Å². The minimum absolute atomic E-state index is 0.0649. The van der Waals surface area contributed by atoms with Crippen molar-refractivity contribution >= 4 is 10.9 Å². The molecule has 3 heteroatoms. The lowest BCUT2D eigenvalue weighted by atomic mass is 9.55. The monoisotopic (exact) mass is 411 g/mol. The van der Waals surface area contributed by atoms with Crippen LogP contribution in [-0.4, -0.2) is 4.98 Å². The van der Waals surface area contributed by atoms with E-state index in [2.05, 4.69) is 61.3 Å². The minimum atomic E-state index is -0.247. The van der Waals surface area contributed by atoms with Crippen LogP contribution in [0, 0.1) is 18.7 Å². The fraction of sp³-hybridized carbons (Fsp3) is 0.250. The molecule has 1 aromatic heterocycles. The van der Waals surface area contributed by atoms with E-state index in [4.69, 9.17) is 4.74 Å². The van der Waals surface area contributed by atoms with Crippen molar-refractivity contribution in [1.29, 1.82) is 0 Å². The molecule has 0 atom stereocenters. The summed E-state index contributed by atoms with van der Waals surface area (Å²) in [7, 11) is 0. The Kier molecular flexibility index (Phi) is 4.97. The first-order chi connectivity index (χ1) is 15.0. The van der Waals surface area contributed by atoms with E-state index in [1.807, 2.05) is 18.2 Å². The standard InChI is InChI=1S/C28H26FNO/c1-19-16-28(17-19,22-6-4-3-5-7-22)26-15-25(12-8-20(26)2)31-18-24-11-9-21-14-23(29)10-13-27(21)30-24/h3-15,19H,16-18H2,1-2H3. The van der Waals surface area contributed by atoms with E-state index in [0.717, 1.165) is 41.1 Å². The molecule has 1 saturated carbocycles. The van der Waals surface area contributed by atoms with Crippen molar-refractivity contribution < 1.29 is 9.13 Å². The zero-order chi connectivity index (χ0) is 21.4. The van der Waals surface area contributed by atoms with Crippen LogP contribution in [0.2, 0.25) is 0 Å². The number of ether oxygens (including phenoxy) is 1. The number of benzene rings is 3. The fourth-order valence-corrected chi connectivity index (χ4v) is 5.08. The number of halogens is 1. The Morgan fingerprint density at radius 3 is 2.55 bits per heavy atom. The molecule has 1 heterocycles. The second-order valence-electron chi connectivity index (χ2n) is 8.87. The Bertz CT molecular complexity index is 1230. The van der Waals surface area contributed by atoms with Gasteiger partial charge in [0.05, 0.1) is 11.2 Å². The molecule has 3 aromatic carbocycles. The van der Waals surface area contributed by atoms with Gasteiger partial charge >= 0.3 is 0 Å². The van der Waals surface area contributed by atoms with E-state index < -0.39 is 0 Å². The van der Waals surface area contributed by atoms with Crippen LogP contribution in [0.25, 0.3) is 10.9 Å². The minimum Gasteiger partial charge on any atom is -0.487 e. The summed E-state index contributed by atoms with van der Waals surface area (Å²) >= 11 is 0. The van der Waals surface area contributed by atoms with Crippen LogP contribution < -0.4 is 4.74 Å². The summed E-state index contributed by atoms with van der Waals surface area (Å²) in [6, 6.07) is 25.7. The van der Waals surface area contributed by atoms with E-state index in [9.17, 15) is 4.39 Å². The molecule has 0 amide bonds. The number of pyridine rings is 1. The molecular formula is C28H26FNO. The molecule has 0 bridgehead atoms. The van der Waals surface area contributed by atoms with Crippen molar-refractivity contribution in [3.63, 3.8) is 0 Å². The number of hydrogen-bond acceptors (Lipinski definition) is 2. The van der Waals surface area contributed by atoms with Crippen molar-refractivity contribution in [2.75, 3.05) is 0 Å². The lowest BCUT2D eigenvalue weighted by Gasteiger charge is -2.48. The molecule has 0 aliphatic heterocycles. The molecule has 0 N–H and O–H groups in total. The lowest BCUT2D eigenvalue weighted by Crippen LogP contribution is -2.41. The van der Waals surface area contributed by atoms with Crippen molar-refractivity contribution in [3.05, 3.63) is 107 Å². The smallest absolute Gasteiger partial charge is 0.130 e. The maximum Gasteiger partial charge on any atom is 0.130 e. The second-order valence-corrected chi connectivity index (χ2v) is 8.87. The summed E-state index contributed by atoms with van der Waals surface area (Å²) in [5.41, 5.74) is 5.71. The highest BCUT2D eigenvalue weighted by molar-refractivity contribution is 5.78. The maximum absolute atomic E-state index is 13.4. The van der Waals surface area contributed by atoms with Crippen LogP contribution in [0.1, 0.15) is 42.1 Å². The topological polar surface area (TPSA) is 22.1 Å². The fourth-order valence-electron chi connectivity index (χ4n) is 5.08. The predicted molar refractivity (Wildman–Crippen MR) is 123 cm³/mol. The highest BCUT2D eigenvalue weighted by Crippen LogP contribution is 2.53.